The summed E-state index contributed by atoms with van der Waals surface area (Å²) in [7, 11) is 1.81. The number of likely N-dealkylation sites (N-methyl/N-ethyl adjacent to an activating group) is 1. The van der Waals surface area contributed by atoms with Crippen molar-refractivity contribution in [2.75, 3.05) is 17.7 Å². The Morgan fingerprint density at radius 2 is 2.17 bits per heavy atom. The number of hydrogen-bond donors (Lipinski definition) is 0. The number of nitrogens with zero attached hydrogens (tertiary/aromatic N) is 2. The summed E-state index contributed by atoms with van der Waals surface area (Å²) >= 11 is 1.73. The molecule has 0 unspecified atom stereocenters. The topological polar surface area (TPSA) is 40.6 Å². The van der Waals surface area contributed by atoms with E-state index in [1.54, 1.807) is 16.7 Å². The van der Waals surface area contributed by atoms with Crippen molar-refractivity contribution in [2.24, 2.45) is 0 Å². The van der Waals surface area contributed by atoms with Gasteiger partial charge in [0.2, 0.25) is 11.8 Å². The Morgan fingerprint density at radius 3 is 2.87 bits per heavy atom. The Hall–Kier alpha value is -1.49. The Morgan fingerprint density at radius 1 is 1.43 bits per heavy atom. The third-order valence-electron chi connectivity index (χ3n) is 4.98. The number of rotatable bonds is 3. The lowest BCUT2D eigenvalue weighted by Crippen LogP contribution is -2.50. The highest BCUT2D eigenvalue weighted by Crippen LogP contribution is 2.47. The van der Waals surface area contributed by atoms with Gasteiger partial charge in [0.05, 0.1) is 4.87 Å². The average molecular weight is 332 g/mol. The van der Waals surface area contributed by atoms with Gasteiger partial charge >= 0.3 is 0 Å². The maximum Gasteiger partial charge on any atom is 0.250 e. The minimum atomic E-state index is -0.340. The first-order chi connectivity index (χ1) is 10.8. The molecule has 2 aliphatic rings. The highest BCUT2D eigenvalue weighted by molar-refractivity contribution is 8.01. The Bertz CT molecular complexity index is 646. The van der Waals surface area contributed by atoms with E-state index in [-0.39, 0.29) is 22.7 Å². The smallest absolute Gasteiger partial charge is 0.250 e. The zero-order valence-electron chi connectivity index (χ0n) is 14.2. The van der Waals surface area contributed by atoms with Crippen molar-refractivity contribution < 1.29 is 9.59 Å². The Kier molecular flexibility index (Phi) is 4.17. The summed E-state index contributed by atoms with van der Waals surface area (Å²) < 4.78 is 0. The molecule has 5 heteroatoms. The normalized spacial score (nSPS) is 26.7. The van der Waals surface area contributed by atoms with Crippen LogP contribution in [0.3, 0.4) is 0 Å². The lowest BCUT2D eigenvalue weighted by molar-refractivity contribution is -0.136. The van der Waals surface area contributed by atoms with Gasteiger partial charge < -0.3 is 9.80 Å². The number of hydrogen-bond acceptors (Lipinski definition) is 3. The maximum absolute atomic E-state index is 13.0. The lowest BCUT2D eigenvalue weighted by atomic mass is 10.0. The van der Waals surface area contributed by atoms with Crippen LogP contribution in [0.5, 0.6) is 0 Å². The molecule has 4 nitrogen and oxygen atoms in total. The zero-order valence-corrected chi connectivity index (χ0v) is 15.0. The highest BCUT2D eigenvalue weighted by atomic mass is 32.2. The van der Waals surface area contributed by atoms with Crippen LogP contribution in [-0.2, 0) is 9.59 Å². The van der Waals surface area contributed by atoms with E-state index < -0.39 is 0 Å². The predicted molar refractivity (Wildman–Crippen MR) is 94.7 cm³/mol. The molecule has 0 spiro atoms. The number of carbonyl (C=O) groups is 2. The van der Waals surface area contributed by atoms with Crippen LogP contribution in [-0.4, -0.2) is 40.4 Å². The number of carbonyl (C=O) groups excluding carboxylic acids is 2. The summed E-state index contributed by atoms with van der Waals surface area (Å²) in [5.74, 6) is 1.23. The molecule has 2 amide bonds. The van der Waals surface area contributed by atoms with E-state index in [1.807, 2.05) is 24.1 Å². The van der Waals surface area contributed by atoms with Gasteiger partial charge in [0.25, 0.3) is 0 Å². The van der Waals surface area contributed by atoms with E-state index in [1.165, 1.54) is 5.56 Å². The summed E-state index contributed by atoms with van der Waals surface area (Å²) in [6.07, 6.45) is 1.40. The SMILES string of the molecule is CC(C)c1cccc(N(C)C(=O)[C@H]2CS[C@]3(C)CCC(=O)N23)c1. The molecule has 2 saturated heterocycles. The quantitative estimate of drug-likeness (QED) is 0.853. The third-order valence-corrected chi connectivity index (χ3v) is 6.49. The molecule has 0 aliphatic carbocycles. The third kappa shape index (κ3) is 2.75. The minimum Gasteiger partial charge on any atom is -0.315 e. The maximum atomic E-state index is 13.0. The van der Waals surface area contributed by atoms with Crippen LogP contribution in [0.2, 0.25) is 0 Å². The Labute approximate surface area is 142 Å². The number of amides is 2. The summed E-state index contributed by atoms with van der Waals surface area (Å²) in [5.41, 5.74) is 2.11. The molecule has 1 aromatic rings. The molecule has 124 valence electrons. The van der Waals surface area contributed by atoms with Crippen molar-refractivity contribution in [3.63, 3.8) is 0 Å². The number of anilines is 1. The minimum absolute atomic E-state index is 0.0115. The van der Waals surface area contributed by atoms with Crippen LogP contribution < -0.4 is 4.90 Å². The van der Waals surface area contributed by atoms with Crippen molar-refractivity contribution in [2.45, 2.75) is 50.4 Å². The van der Waals surface area contributed by atoms with Gasteiger partial charge in [-0.2, -0.15) is 0 Å². The van der Waals surface area contributed by atoms with Crippen LogP contribution in [0.1, 0.15) is 45.1 Å². The van der Waals surface area contributed by atoms with Crippen molar-refractivity contribution >= 4 is 29.3 Å². The van der Waals surface area contributed by atoms with Crippen molar-refractivity contribution in [1.82, 2.24) is 4.90 Å². The molecule has 2 heterocycles. The summed E-state index contributed by atoms with van der Waals surface area (Å²) in [6, 6.07) is 7.75. The van der Waals surface area contributed by atoms with Crippen LogP contribution in [0, 0.1) is 0 Å². The molecule has 0 radical (unpaired) electrons. The molecule has 2 fully saturated rings. The second kappa shape index (κ2) is 5.86. The monoisotopic (exact) mass is 332 g/mol. The van der Waals surface area contributed by atoms with E-state index in [0.29, 0.717) is 18.1 Å². The molecule has 0 saturated carbocycles. The molecular formula is C18H24N2O2S. The fraction of sp³-hybridized carbons (Fsp3) is 0.556. The van der Waals surface area contributed by atoms with E-state index in [0.717, 1.165) is 12.1 Å². The second-order valence-corrected chi connectivity index (χ2v) is 8.41. The van der Waals surface area contributed by atoms with Crippen LogP contribution >= 0.6 is 11.8 Å². The van der Waals surface area contributed by atoms with Crippen molar-refractivity contribution in [3.8, 4) is 0 Å². The zero-order chi connectivity index (χ0) is 16.8. The lowest BCUT2D eigenvalue weighted by Gasteiger charge is -2.32. The van der Waals surface area contributed by atoms with Gasteiger partial charge in [0, 0.05) is 24.9 Å². The fourth-order valence-corrected chi connectivity index (χ4v) is 4.87. The second-order valence-electron chi connectivity index (χ2n) is 6.91. The first-order valence-corrected chi connectivity index (χ1v) is 9.16. The molecule has 0 N–H and O–H groups in total. The summed E-state index contributed by atoms with van der Waals surface area (Å²) in [5, 5.41) is 0. The molecule has 2 aliphatic heterocycles. The van der Waals surface area contributed by atoms with E-state index >= 15 is 0 Å². The van der Waals surface area contributed by atoms with Crippen molar-refractivity contribution in [1.29, 1.82) is 0 Å². The van der Waals surface area contributed by atoms with Crippen LogP contribution in [0.4, 0.5) is 5.69 Å². The number of benzene rings is 1. The highest BCUT2D eigenvalue weighted by Gasteiger charge is 2.53. The van der Waals surface area contributed by atoms with Crippen LogP contribution in [0.25, 0.3) is 0 Å². The number of thioether (sulfide) groups is 1. The molecule has 2 atom stereocenters. The molecule has 0 bridgehead atoms. The average Bonchev–Trinajstić information content (AvgIpc) is 3.02. The predicted octanol–water partition coefficient (Wildman–Crippen LogP) is 3.23. The summed E-state index contributed by atoms with van der Waals surface area (Å²) in [4.78, 5) is 28.5. The van der Waals surface area contributed by atoms with Crippen molar-refractivity contribution in [3.05, 3.63) is 29.8 Å². The molecule has 23 heavy (non-hydrogen) atoms. The van der Waals surface area contributed by atoms with Gasteiger partial charge in [-0.25, -0.2) is 0 Å². The van der Waals surface area contributed by atoms with E-state index in [9.17, 15) is 9.59 Å². The van der Waals surface area contributed by atoms with Gasteiger partial charge in [0.15, 0.2) is 0 Å². The number of fused-ring (bicyclic) bond motifs is 1. The van der Waals surface area contributed by atoms with Gasteiger partial charge in [0.1, 0.15) is 6.04 Å². The first-order valence-electron chi connectivity index (χ1n) is 8.17. The first kappa shape index (κ1) is 16.4. The van der Waals surface area contributed by atoms with E-state index in [4.69, 9.17) is 0 Å². The van der Waals surface area contributed by atoms with Gasteiger partial charge in [-0.15, -0.1) is 11.8 Å². The van der Waals surface area contributed by atoms with Gasteiger partial charge in [-0.3, -0.25) is 9.59 Å². The summed E-state index contributed by atoms with van der Waals surface area (Å²) in [6.45, 7) is 6.36. The standard InChI is InChI=1S/C18H24N2O2S/c1-12(2)13-6-5-7-14(10-13)19(4)17(22)15-11-23-18(3)9-8-16(21)20(15)18/h5-7,10,12,15H,8-9,11H2,1-4H3/t15-,18-/m1/s1. The van der Waals surface area contributed by atoms with Crippen LogP contribution in [0.15, 0.2) is 24.3 Å². The fourth-order valence-electron chi connectivity index (χ4n) is 3.45. The van der Waals surface area contributed by atoms with Gasteiger partial charge in [-0.1, -0.05) is 26.0 Å². The largest absolute Gasteiger partial charge is 0.315 e. The van der Waals surface area contributed by atoms with E-state index in [2.05, 4.69) is 32.9 Å². The molecular weight excluding hydrogens is 308 g/mol. The molecule has 1 aromatic carbocycles. The molecule has 3 rings (SSSR count). The molecule has 0 aromatic heterocycles. The Balaban J connectivity index is 1.83. The van der Waals surface area contributed by atoms with Gasteiger partial charge in [-0.05, 0) is 37.0 Å².